The van der Waals surface area contributed by atoms with Crippen molar-refractivity contribution in [2.75, 3.05) is 18.4 Å². The van der Waals surface area contributed by atoms with Gasteiger partial charge in [-0.25, -0.2) is 4.39 Å². The number of nitrogens with one attached hydrogen (secondary N) is 3. The number of benzene rings is 1. The number of carbonyl (C=O) groups excluding carboxylic acids is 5. The Balaban J connectivity index is 1.95. The summed E-state index contributed by atoms with van der Waals surface area (Å²) in [6, 6.07) is 4.13. The van der Waals surface area contributed by atoms with Crippen molar-refractivity contribution in [2.45, 2.75) is 38.8 Å². The predicted octanol–water partition coefficient (Wildman–Crippen LogP) is 0.211. The highest BCUT2D eigenvalue weighted by Gasteiger charge is 2.33. The molecule has 1 saturated heterocycles. The van der Waals surface area contributed by atoms with E-state index >= 15 is 0 Å². The van der Waals surface area contributed by atoms with E-state index in [0.29, 0.717) is 19.3 Å². The second kappa shape index (κ2) is 10.5. The summed E-state index contributed by atoms with van der Waals surface area (Å²) in [4.78, 5) is 61.2. The van der Waals surface area contributed by atoms with E-state index in [1.807, 2.05) is 0 Å². The Hall–Kier alpha value is -3.30. The molecule has 9 nitrogen and oxygen atoms in total. The first-order valence-electron chi connectivity index (χ1n) is 9.62. The summed E-state index contributed by atoms with van der Waals surface area (Å²) >= 11 is 0. The third-order valence-corrected chi connectivity index (χ3v) is 4.78. The van der Waals surface area contributed by atoms with Gasteiger partial charge < -0.3 is 25.6 Å². The van der Waals surface area contributed by atoms with Crippen molar-refractivity contribution in [3.05, 3.63) is 30.1 Å². The fourth-order valence-corrected chi connectivity index (χ4v) is 3.32. The molecular formula is C20H25FN4O5. The molecule has 2 rings (SSSR count). The second-order valence-corrected chi connectivity index (χ2v) is 7.23. The van der Waals surface area contributed by atoms with E-state index in [1.165, 1.54) is 23.1 Å². The van der Waals surface area contributed by atoms with Gasteiger partial charge in [0.2, 0.25) is 11.8 Å². The standard InChI is InChI=1S/C20H25FN4O5/c1-12(2)25(14(11-26)9-13-7-8-22-18(13)28)17(27)10-23-19(29)20(30)24-16-6-4-3-5-15(16)21/h3-6,11-14H,7-10H2,1-2H3,(H,22,28)(H,23,29)(H,24,30). The van der Waals surface area contributed by atoms with Crippen molar-refractivity contribution in [1.29, 1.82) is 0 Å². The number of amides is 4. The molecule has 2 unspecified atom stereocenters. The van der Waals surface area contributed by atoms with Crippen LogP contribution in [0.25, 0.3) is 0 Å². The summed E-state index contributed by atoms with van der Waals surface area (Å²) < 4.78 is 13.6. The molecule has 0 bridgehead atoms. The number of rotatable bonds is 8. The van der Waals surface area contributed by atoms with Crippen LogP contribution in [0.4, 0.5) is 10.1 Å². The topological polar surface area (TPSA) is 125 Å². The Labute approximate surface area is 173 Å². The summed E-state index contributed by atoms with van der Waals surface area (Å²) in [5, 5.41) is 6.99. The number of hydrogen-bond acceptors (Lipinski definition) is 5. The Morgan fingerprint density at radius 2 is 1.97 bits per heavy atom. The Bertz CT molecular complexity index is 829. The number of hydrogen-bond donors (Lipinski definition) is 3. The highest BCUT2D eigenvalue weighted by atomic mass is 19.1. The Morgan fingerprint density at radius 1 is 1.27 bits per heavy atom. The molecule has 1 fully saturated rings. The van der Waals surface area contributed by atoms with Gasteiger partial charge in [-0.3, -0.25) is 19.2 Å². The third-order valence-electron chi connectivity index (χ3n) is 4.78. The van der Waals surface area contributed by atoms with Crippen LogP contribution in [0.5, 0.6) is 0 Å². The fourth-order valence-electron chi connectivity index (χ4n) is 3.32. The summed E-state index contributed by atoms with van der Waals surface area (Å²) in [6.45, 7) is 3.41. The van der Waals surface area contributed by atoms with Gasteiger partial charge in [-0.15, -0.1) is 0 Å². The van der Waals surface area contributed by atoms with Crippen LogP contribution in [-0.4, -0.2) is 60.0 Å². The first kappa shape index (κ1) is 23.0. The summed E-state index contributed by atoms with van der Waals surface area (Å²) in [6.07, 6.45) is 1.37. The van der Waals surface area contributed by atoms with E-state index in [-0.39, 0.29) is 30.0 Å². The van der Waals surface area contributed by atoms with Crippen LogP contribution in [0.1, 0.15) is 26.7 Å². The summed E-state index contributed by atoms with van der Waals surface area (Å²) in [7, 11) is 0. The van der Waals surface area contributed by atoms with E-state index in [0.717, 1.165) is 6.07 Å². The lowest BCUT2D eigenvalue weighted by Crippen LogP contribution is -2.51. The number of aldehydes is 1. The van der Waals surface area contributed by atoms with Crippen molar-refractivity contribution < 1.29 is 28.4 Å². The summed E-state index contributed by atoms with van der Waals surface area (Å²) in [5.74, 6) is -4.05. The van der Waals surface area contributed by atoms with Gasteiger partial charge in [0, 0.05) is 18.5 Å². The van der Waals surface area contributed by atoms with Crippen LogP contribution in [-0.2, 0) is 24.0 Å². The van der Waals surface area contributed by atoms with E-state index in [9.17, 15) is 28.4 Å². The largest absolute Gasteiger partial charge is 0.356 e. The smallest absolute Gasteiger partial charge is 0.313 e. The number of para-hydroxylation sites is 1. The van der Waals surface area contributed by atoms with Crippen molar-refractivity contribution in [2.24, 2.45) is 5.92 Å². The van der Waals surface area contributed by atoms with Gasteiger partial charge in [0.1, 0.15) is 12.1 Å². The van der Waals surface area contributed by atoms with Crippen LogP contribution in [0, 0.1) is 11.7 Å². The molecule has 1 heterocycles. The quantitative estimate of drug-likeness (QED) is 0.410. The predicted molar refractivity (Wildman–Crippen MR) is 106 cm³/mol. The molecule has 1 aliphatic heterocycles. The molecule has 0 aromatic heterocycles. The van der Waals surface area contributed by atoms with Gasteiger partial charge in [-0.2, -0.15) is 0 Å². The molecule has 1 aromatic carbocycles. The maximum atomic E-state index is 13.6. The van der Waals surface area contributed by atoms with E-state index in [2.05, 4.69) is 16.0 Å². The highest BCUT2D eigenvalue weighted by Crippen LogP contribution is 2.20. The molecule has 2 atom stereocenters. The minimum absolute atomic E-state index is 0.156. The van der Waals surface area contributed by atoms with E-state index < -0.39 is 36.1 Å². The third kappa shape index (κ3) is 5.85. The molecular weight excluding hydrogens is 395 g/mol. The van der Waals surface area contributed by atoms with Crippen LogP contribution < -0.4 is 16.0 Å². The first-order chi connectivity index (χ1) is 14.2. The molecule has 4 amide bonds. The molecule has 3 N–H and O–H groups in total. The van der Waals surface area contributed by atoms with Crippen molar-refractivity contribution in [3.63, 3.8) is 0 Å². The van der Waals surface area contributed by atoms with Crippen molar-refractivity contribution in [1.82, 2.24) is 15.5 Å². The van der Waals surface area contributed by atoms with Gasteiger partial charge in [0.25, 0.3) is 0 Å². The molecule has 0 aliphatic carbocycles. The molecule has 30 heavy (non-hydrogen) atoms. The molecule has 10 heteroatoms. The normalized spacial score (nSPS) is 16.5. The van der Waals surface area contributed by atoms with Gasteiger partial charge in [0.05, 0.1) is 18.3 Å². The lowest BCUT2D eigenvalue weighted by Gasteiger charge is -2.33. The monoisotopic (exact) mass is 420 g/mol. The Morgan fingerprint density at radius 3 is 2.53 bits per heavy atom. The SMILES string of the molecule is CC(C)N(C(=O)CNC(=O)C(=O)Nc1ccccc1F)C(C=O)CC1CCNC1=O. The lowest BCUT2D eigenvalue weighted by atomic mass is 9.97. The zero-order chi connectivity index (χ0) is 22.3. The molecule has 0 radical (unpaired) electrons. The van der Waals surface area contributed by atoms with Crippen LogP contribution in [0.2, 0.25) is 0 Å². The maximum absolute atomic E-state index is 13.6. The lowest BCUT2D eigenvalue weighted by molar-refractivity contribution is -0.141. The van der Waals surface area contributed by atoms with Gasteiger partial charge >= 0.3 is 11.8 Å². The average molecular weight is 420 g/mol. The fraction of sp³-hybridized carbons (Fsp3) is 0.450. The molecule has 0 saturated carbocycles. The van der Waals surface area contributed by atoms with Crippen molar-refractivity contribution >= 4 is 35.6 Å². The minimum atomic E-state index is -1.13. The van der Waals surface area contributed by atoms with Gasteiger partial charge in [-0.1, -0.05) is 12.1 Å². The number of anilines is 1. The van der Waals surface area contributed by atoms with Crippen LogP contribution >= 0.6 is 0 Å². The zero-order valence-electron chi connectivity index (χ0n) is 16.8. The second-order valence-electron chi connectivity index (χ2n) is 7.23. The highest BCUT2D eigenvalue weighted by molar-refractivity contribution is 6.39. The van der Waals surface area contributed by atoms with Crippen LogP contribution in [0.3, 0.4) is 0 Å². The Kier molecular flexibility index (Phi) is 8.02. The molecule has 1 aliphatic rings. The number of halogens is 1. The van der Waals surface area contributed by atoms with Crippen molar-refractivity contribution in [3.8, 4) is 0 Å². The minimum Gasteiger partial charge on any atom is -0.356 e. The maximum Gasteiger partial charge on any atom is 0.313 e. The number of nitrogens with zero attached hydrogens (tertiary/aromatic N) is 1. The molecule has 0 spiro atoms. The van der Waals surface area contributed by atoms with Gasteiger partial charge in [0.15, 0.2) is 0 Å². The van der Waals surface area contributed by atoms with E-state index in [1.54, 1.807) is 13.8 Å². The summed E-state index contributed by atoms with van der Waals surface area (Å²) in [5.41, 5.74) is -0.163. The van der Waals surface area contributed by atoms with E-state index in [4.69, 9.17) is 0 Å². The molecule has 162 valence electrons. The van der Waals surface area contributed by atoms with Gasteiger partial charge in [-0.05, 0) is 38.8 Å². The average Bonchev–Trinajstić information content (AvgIpc) is 3.11. The molecule has 1 aromatic rings. The zero-order valence-corrected chi connectivity index (χ0v) is 16.8. The first-order valence-corrected chi connectivity index (χ1v) is 9.62. The van der Waals surface area contributed by atoms with Crippen LogP contribution in [0.15, 0.2) is 24.3 Å². The number of carbonyl (C=O) groups is 5.